The summed E-state index contributed by atoms with van der Waals surface area (Å²) < 4.78 is 41.4. The summed E-state index contributed by atoms with van der Waals surface area (Å²) in [6.07, 6.45) is -3.73. The monoisotopic (exact) mass is 435 g/mol. The van der Waals surface area contributed by atoms with Crippen molar-refractivity contribution in [2.24, 2.45) is 5.92 Å². The van der Waals surface area contributed by atoms with E-state index in [1.54, 1.807) is 13.0 Å². The highest BCUT2D eigenvalue weighted by molar-refractivity contribution is 7.13. The van der Waals surface area contributed by atoms with Gasteiger partial charge in [-0.1, -0.05) is 0 Å². The molecule has 10 heteroatoms. The van der Waals surface area contributed by atoms with E-state index in [1.807, 2.05) is 25.7 Å². The van der Waals surface area contributed by atoms with E-state index in [0.717, 1.165) is 16.2 Å². The Bertz CT molecular complexity index is 716. The molecule has 29 heavy (non-hydrogen) atoms. The third-order valence-electron chi connectivity index (χ3n) is 4.29. The minimum absolute atomic E-state index is 0.0723. The molecule has 0 bridgehead atoms. The maximum Gasteiger partial charge on any atom is 0.422 e. The van der Waals surface area contributed by atoms with Crippen LogP contribution in [-0.4, -0.2) is 54.7 Å². The summed E-state index contributed by atoms with van der Waals surface area (Å²) in [5.41, 5.74) is -0.299. The Kier molecular flexibility index (Phi) is 7.56. The quantitative estimate of drug-likeness (QED) is 0.691. The molecule has 1 aliphatic heterocycles. The first-order chi connectivity index (χ1) is 13.3. The number of likely N-dealkylation sites (tertiary alicyclic amines) is 1. The molecule has 1 fully saturated rings. The van der Waals surface area contributed by atoms with Gasteiger partial charge in [-0.25, -0.2) is 0 Å². The first kappa shape index (κ1) is 23.5. The lowest BCUT2D eigenvalue weighted by atomic mass is 10.1. The largest absolute Gasteiger partial charge is 0.475 e. The number of hydrogen-bond donors (Lipinski definition) is 2. The number of thiophene rings is 1. The van der Waals surface area contributed by atoms with Crippen LogP contribution in [0, 0.1) is 5.92 Å². The number of nitrogens with one attached hydrogen (secondary N) is 2. The molecule has 6 nitrogen and oxygen atoms in total. The van der Waals surface area contributed by atoms with E-state index in [9.17, 15) is 22.8 Å². The van der Waals surface area contributed by atoms with E-state index in [2.05, 4.69) is 10.6 Å². The van der Waals surface area contributed by atoms with Gasteiger partial charge in [0.1, 0.15) is 0 Å². The smallest absolute Gasteiger partial charge is 0.422 e. The molecule has 2 heterocycles. The lowest BCUT2D eigenvalue weighted by Crippen LogP contribution is -2.45. The summed E-state index contributed by atoms with van der Waals surface area (Å²) in [6, 6.07) is 2.78. The molecule has 1 aromatic rings. The normalized spacial score (nSPS) is 19.1. The van der Waals surface area contributed by atoms with Gasteiger partial charge in [0.15, 0.2) is 11.7 Å². The fourth-order valence-corrected chi connectivity index (χ4v) is 3.91. The van der Waals surface area contributed by atoms with Crippen molar-refractivity contribution in [3.05, 3.63) is 17.0 Å². The lowest BCUT2D eigenvalue weighted by Gasteiger charge is -2.23. The molecule has 0 radical (unpaired) electrons. The molecule has 0 saturated carbocycles. The Morgan fingerprint density at radius 1 is 1.31 bits per heavy atom. The van der Waals surface area contributed by atoms with Gasteiger partial charge < -0.3 is 15.4 Å². The minimum Gasteiger partial charge on any atom is -0.475 e. The average molecular weight is 436 g/mol. The summed E-state index contributed by atoms with van der Waals surface area (Å²) in [7, 11) is 0. The van der Waals surface area contributed by atoms with Crippen molar-refractivity contribution in [1.82, 2.24) is 15.5 Å². The van der Waals surface area contributed by atoms with Gasteiger partial charge in [-0.15, -0.1) is 11.3 Å². The number of carbonyl (C=O) groups is 2. The van der Waals surface area contributed by atoms with E-state index in [-0.39, 0.29) is 40.9 Å². The fraction of sp³-hybridized carbons (Fsp3) is 0.684. The Morgan fingerprint density at radius 2 is 2.00 bits per heavy atom. The van der Waals surface area contributed by atoms with Crippen molar-refractivity contribution in [2.75, 3.05) is 26.2 Å². The summed E-state index contributed by atoms with van der Waals surface area (Å²) in [6.45, 7) is 7.60. The predicted octanol–water partition coefficient (Wildman–Crippen LogP) is 3.10. The highest BCUT2D eigenvalue weighted by Gasteiger charge is 2.31. The summed E-state index contributed by atoms with van der Waals surface area (Å²) in [5.74, 6) is -0.417. The van der Waals surface area contributed by atoms with E-state index in [1.165, 1.54) is 6.07 Å². The van der Waals surface area contributed by atoms with Crippen LogP contribution in [0.5, 0.6) is 5.06 Å². The molecule has 0 spiro atoms. The van der Waals surface area contributed by atoms with Gasteiger partial charge in [0.25, 0.3) is 0 Å². The number of amides is 2. The van der Waals surface area contributed by atoms with Crippen LogP contribution in [0.2, 0.25) is 0 Å². The molecule has 1 unspecified atom stereocenters. The highest BCUT2D eigenvalue weighted by Crippen LogP contribution is 2.31. The molecule has 2 amide bonds. The number of alkyl halides is 3. The maximum absolute atomic E-state index is 12.5. The van der Waals surface area contributed by atoms with Crippen molar-refractivity contribution in [2.45, 2.75) is 51.9 Å². The molecule has 0 aromatic carbocycles. The van der Waals surface area contributed by atoms with Crippen molar-refractivity contribution in [3.63, 3.8) is 0 Å². The molecular weight excluding hydrogens is 407 g/mol. The van der Waals surface area contributed by atoms with E-state index < -0.39 is 12.8 Å². The molecular formula is C19H28F3N3O3S. The third-order valence-corrected chi connectivity index (χ3v) is 5.47. The highest BCUT2D eigenvalue weighted by atomic mass is 32.1. The molecule has 2 atom stereocenters. The van der Waals surface area contributed by atoms with Crippen molar-refractivity contribution in [1.29, 1.82) is 0 Å². The zero-order valence-corrected chi connectivity index (χ0v) is 17.9. The van der Waals surface area contributed by atoms with Gasteiger partial charge in [-0.05, 0) is 52.8 Å². The second-order valence-electron chi connectivity index (χ2n) is 8.31. The lowest BCUT2D eigenvalue weighted by molar-refractivity contribution is -0.152. The number of hydrogen-bond acceptors (Lipinski definition) is 5. The van der Waals surface area contributed by atoms with Crippen molar-refractivity contribution in [3.8, 4) is 5.06 Å². The van der Waals surface area contributed by atoms with Gasteiger partial charge >= 0.3 is 6.18 Å². The zero-order chi connectivity index (χ0) is 21.8. The fourth-order valence-electron chi connectivity index (χ4n) is 3.05. The van der Waals surface area contributed by atoms with Gasteiger partial charge in [0.05, 0.1) is 18.5 Å². The Hall–Kier alpha value is -1.81. The van der Waals surface area contributed by atoms with Crippen molar-refractivity contribution < 1.29 is 27.5 Å². The molecule has 1 aromatic heterocycles. The number of carbonyl (C=O) groups excluding carboxylic acids is 2. The van der Waals surface area contributed by atoms with E-state index in [0.29, 0.717) is 19.5 Å². The minimum atomic E-state index is -4.39. The van der Waals surface area contributed by atoms with Crippen molar-refractivity contribution >= 4 is 23.2 Å². The van der Waals surface area contributed by atoms with Crippen LogP contribution in [0.4, 0.5) is 13.2 Å². The predicted molar refractivity (Wildman–Crippen MR) is 105 cm³/mol. The van der Waals surface area contributed by atoms with Crippen LogP contribution >= 0.6 is 11.3 Å². The number of rotatable bonds is 7. The van der Waals surface area contributed by atoms with Gasteiger partial charge in [0, 0.05) is 17.0 Å². The van der Waals surface area contributed by atoms with E-state index >= 15 is 0 Å². The maximum atomic E-state index is 12.5. The van der Waals surface area contributed by atoms with E-state index in [4.69, 9.17) is 4.74 Å². The van der Waals surface area contributed by atoms with Gasteiger partial charge in [-0.3, -0.25) is 14.5 Å². The second-order valence-corrected chi connectivity index (χ2v) is 9.39. The Labute approximate surface area is 172 Å². The Morgan fingerprint density at radius 3 is 2.62 bits per heavy atom. The zero-order valence-electron chi connectivity index (χ0n) is 17.1. The van der Waals surface area contributed by atoms with Crippen LogP contribution in [0.15, 0.2) is 12.1 Å². The van der Waals surface area contributed by atoms with Crippen LogP contribution < -0.4 is 15.4 Å². The molecule has 1 saturated heterocycles. The Balaban J connectivity index is 1.80. The molecule has 164 valence electrons. The van der Waals surface area contributed by atoms with Gasteiger partial charge in [0.2, 0.25) is 11.8 Å². The number of halogens is 3. The summed E-state index contributed by atoms with van der Waals surface area (Å²) in [5, 5.41) is 5.97. The summed E-state index contributed by atoms with van der Waals surface area (Å²) in [4.78, 5) is 27.2. The molecule has 2 rings (SSSR count). The average Bonchev–Trinajstić information content (AvgIpc) is 3.19. The molecule has 0 aliphatic carbocycles. The molecule has 1 aliphatic rings. The topological polar surface area (TPSA) is 70.7 Å². The second kappa shape index (κ2) is 9.34. The third kappa shape index (κ3) is 8.22. The number of nitrogens with zero attached hydrogens (tertiary/aromatic N) is 1. The van der Waals surface area contributed by atoms with Crippen LogP contribution in [-0.2, 0) is 9.59 Å². The first-order valence-electron chi connectivity index (χ1n) is 9.45. The van der Waals surface area contributed by atoms with Crippen LogP contribution in [0.25, 0.3) is 0 Å². The first-order valence-corrected chi connectivity index (χ1v) is 10.3. The van der Waals surface area contributed by atoms with Gasteiger partial charge in [-0.2, -0.15) is 13.2 Å². The SMILES string of the molecule is CC(NC(=O)[C@H]1CCN(CC(=O)NC(C)(C)C)C1)c1ccc(OCC(F)(F)F)s1. The van der Waals surface area contributed by atoms with Crippen LogP contribution in [0.1, 0.15) is 45.0 Å². The molecule has 2 N–H and O–H groups in total. The summed E-state index contributed by atoms with van der Waals surface area (Å²) >= 11 is 1.08. The van der Waals surface area contributed by atoms with Crippen LogP contribution in [0.3, 0.4) is 0 Å². The standard InChI is InChI=1S/C19H28F3N3O3S/c1-12(14-5-6-16(29-14)28-11-19(20,21)22)23-17(27)13-7-8-25(9-13)10-15(26)24-18(2,3)4/h5-6,12-13H,7-11H2,1-4H3,(H,23,27)(H,24,26)/t12?,13-/m0/s1. The number of ether oxygens (including phenoxy) is 1.